The van der Waals surface area contributed by atoms with E-state index in [1.54, 1.807) is 19.9 Å². The van der Waals surface area contributed by atoms with Crippen LogP contribution >= 0.6 is 0 Å². The Bertz CT molecular complexity index is 853. The van der Waals surface area contributed by atoms with Gasteiger partial charge in [0.15, 0.2) is 0 Å². The number of aliphatic hydroxyl groups is 1. The average Bonchev–Trinajstić information content (AvgIpc) is 2.84. The van der Waals surface area contributed by atoms with E-state index in [0.29, 0.717) is 16.8 Å². The maximum absolute atomic E-state index is 13.8. The molecule has 3 atom stereocenters. The van der Waals surface area contributed by atoms with Crippen LogP contribution in [-0.4, -0.2) is 33.0 Å². The van der Waals surface area contributed by atoms with Gasteiger partial charge in [0.1, 0.15) is 5.82 Å². The third kappa shape index (κ3) is 3.11. The molecule has 1 aliphatic rings. The highest BCUT2D eigenvalue weighted by Gasteiger charge is 2.51. The Morgan fingerprint density at radius 1 is 1.40 bits per heavy atom. The molecule has 3 rings (SSSR count). The summed E-state index contributed by atoms with van der Waals surface area (Å²) in [5.74, 6) is -2.93. The van der Waals surface area contributed by atoms with Gasteiger partial charge in [-0.2, -0.15) is 0 Å². The zero-order chi connectivity index (χ0) is 18.4. The Hall–Kier alpha value is -2.41. The topological polar surface area (TPSA) is 95.2 Å². The second-order valence-electron chi connectivity index (χ2n) is 7.00. The summed E-state index contributed by atoms with van der Waals surface area (Å²) < 4.78 is 19.1. The lowest BCUT2D eigenvalue weighted by Crippen LogP contribution is -2.50. The number of aromatic amines is 2. The number of carbonyl (C=O) groups is 1. The number of aromatic nitrogens is 2. The first-order valence-corrected chi connectivity index (χ1v) is 8.18. The monoisotopic (exact) mass is 348 g/mol. The molecule has 0 aliphatic heterocycles. The van der Waals surface area contributed by atoms with Gasteiger partial charge in [-0.05, 0) is 38.5 Å². The van der Waals surface area contributed by atoms with Crippen molar-refractivity contribution in [2.45, 2.75) is 44.8 Å². The fourth-order valence-corrected chi connectivity index (χ4v) is 3.62. The zero-order valence-electron chi connectivity index (χ0n) is 14.3. The lowest BCUT2D eigenvalue weighted by atomic mass is 9.66. The smallest absolute Gasteiger partial charge is 0.313 e. The van der Waals surface area contributed by atoms with E-state index in [1.165, 1.54) is 25.1 Å². The number of benzene rings is 1. The fourth-order valence-electron chi connectivity index (χ4n) is 3.62. The van der Waals surface area contributed by atoms with E-state index in [-0.39, 0.29) is 18.1 Å². The van der Waals surface area contributed by atoms with E-state index in [1.807, 2.05) is 0 Å². The van der Waals surface area contributed by atoms with Crippen molar-refractivity contribution >= 4 is 5.97 Å². The highest BCUT2D eigenvalue weighted by molar-refractivity contribution is 5.77. The van der Waals surface area contributed by atoms with Crippen LogP contribution in [0.25, 0.3) is 0 Å². The standard InChI is InChI=1S/C18H21FN2O4/c1-9(2)25-17(23)15-13(10-5-4-6-11(19)7-10)14-12(8-18(15,3)24)20-21-16(14)22/h4-7,9,13,15,24H,8H2,1-3H3,(H2,20,21,22). The molecule has 1 aromatic carbocycles. The summed E-state index contributed by atoms with van der Waals surface area (Å²) in [6.07, 6.45) is -0.285. The molecule has 3 unspecified atom stereocenters. The third-order valence-electron chi connectivity index (χ3n) is 4.56. The van der Waals surface area contributed by atoms with Gasteiger partial charge in [-0.1, -0.05) is 12.1 Å². The summed E-state index contributed by atoms with van der Waals surface area (Å²) in [6, 6.07) is 5.71. The van der Waals surface area contributed by atoms with E-state index in [4.69, 9.17) is 4.74 Å². The minimum Gasteiger partial charge on any atom is -0.463 e. The molecule has 2 aromatic rings. The minimum absolute atomic E-state index is 0.0880. The molecule has 7 heteroatoms. The van der Waals surface area contributed by atoms with Crippen molar-refractivity contribution in [1.29, 1.82) is 0 Å². The van der Waals surface area contributed by atoms with E-state index < -0.39 is 29.2 Å². The van der Waals surface area contributed by atoms with Crippen LogP contribution < -0.4 is 5.56 Å². The van der Waals surface area contributed by atoms with Crippen LogP contribution in [0.1, 0.15) is 43.5 Å². The van der Waals surface area contributed by atoms with E-state index in [9.17, 15) is 19.1 Å². The SMILES string of the molecule is CC(C)OC(=O)C1C(c2cccc(F)c2)c2c([nH][nH]c2=O)CC1(C)O. The van der Waals surface area contributed by atoms with E-state index >= 15 is 0 Å². The normalized spacial score (nSPS) is 25.7. The molecule has 1 heterocycles. The predicted molar refractivity (Wildman–Crippen MR) is 88.7 cm³/mol. The van der Waals surface area contributed by atoms with Gasteiger partial charge in [0, 0.05) is 23.6 Å². The number of fused-ring (bicyclic) bond motifs is 1. The summed E-state index contributed by atoms with van der Waals surface area (Å²) in [4.78, 5) is 25.1. The van der Waals surface area contributed by atoms with Crippen molar-refractivity contribution in [2.24, 2.45) is 5.92 Å². The maximum atomic E-state index is 13.8. The molecule has 3 N–H and O–H groups in total. The van der Waals surface area contributed by atoms with Crippen molar-refractivity contribution in [2.75, 3.05) is 0 Å². The quantitative estimate of drug-likeness (QED) is 0.738. The first kappa shape index (κ1) is 17.4. The first-order chi connectivity index (χ1) is 11.7. The molecule has 25 heavy (non-hydrogen) atoms. The highest BCUT2D eigenvalue weighted by atomic mass is 19.1. The molecule has 134 valence electrons. The molecule has 0 saturated heterocycles. The van der Waals surface area contributed by atoms with Crippen molar-refractivity contribution in [3.05, 3.63) is 57.3 Å². The Kier molecular flexibility index (Phi) is 4.28. The summed E-state index contributed by atoms with van der Waals surface area (Å²) in [5.41, 5.74) is -0.555. The Labute approximate surface area is 144 Å². The number of rotatable bonds is 3. The van der Waals surface area contributed by atoms with Crippen molar-refractivity contribution < 1.29 is 19.0 Å². The number of nitrogens with one attached hydrogen (secondary N) is 2. The molecule has 0 amide bonds. The number of carbonyl (C=O) groups excluding carboxylic acids is 1. The molecule has 0 fully saturated rings. The number of H-pyrrole nitrogens is 2. The van der Waals surface area contributed by atoms with E-state index in [2.05, 4.69) is 10.2 Å². The van der Waals surface area contributed by atoms with Crippen LogP contribution in [0, 0.1) is 11.7 Å². The van der Waals surface area contributed by atoms with Crippen molar-refractivity contribution in [3.8, 4) is 0 Å². The van der Waals surface area contributed by atoms with Gasteiger partial charge >= 0.3 is 5.97 Å². The summed E-state index contributed by atoms with van der Waals surface area (Å²) in [6.45, 7) is 4.95. The van der Waals surface area contributed by atoms with Gasteiger partial charge in [0.25, 0.3) is 5.56 Å². The van der Waals surface area contributed by atoms with Gasteiger partial charge in [0.2, 0.25) is 0 Å². The second kappa shape index (κ2) is 6.15. The van der Waals surface area contributed by atoms with Crippen LogP contribution in [-0.2, 0) is 16.0 Å². The second-order valence-corrected chi connectivity index (χ2v) is 7.00. The molecule has 1 aliphatic carbocycles. The Balaban J connectivity index is 2.20. The minimum atomic E-state index is -1.46. The Morgan fingerprint density at radius 2 is 2.12 bits per heavy atom. The van der Waals surface area contributed by atoms with Crippen molar-refractivity contribution in [3.63, 3.8) is 0 Å². The molecule has 0 bridgehead atoms. The van der Waals surface area contributed by atoms with Crippen LogP contribution in [0.15, 0.2) is 29.1 Å². The summed E-state index contributed by atoms with van der Waals surface area (Å²) in [5, 5.41) is 16.2. The predicted octanol–water partition coefficient (Wildman–Crippen LogP) is 1.85. The molecule has 6 nitrogen and oxygen atoms in total. The van der Waals surface area contributed by atoms with Crippen LogP contribution in [0.5, 0.6) is 0 Å². The fraction of sp³-hybridized carbons (Fsp3) is 0.444. The largest absolute Gasteiger partial charge is 0.463 e. The summed E-state index contributed by atoms with van der Waals surface area (Å²) >= 11 is 0. The van der Waals surface area contributed by atoms with Gasteiger partial charge < -0.3 is 14.9 Å². The number of halogens is 1. The van der Waals surface area contributed by atoms with E-state index in [0.717, 1.165) is 0 Å². The van der Waals surface area contributed by atoms with Crippen LogP contribution in [0.4, 0.5) is 4.39 Å². The first-order valence-electron chi connectivity index (χ1n) is 8.18. The third-order valence-corrected chi connectivity index (χ3v) is 4.56. The summed E-state index contributed by atoms with van der Waals surface area (Å²) in [7, 11) is 0. The lowest BCUT2D eigenvalue weighted by molar-refractivity contribution is -0.163. The molecule has 0 spiro atoms. The van der Waals surface area contributed by atoms with Gasteiger partial charge in [-0.3, -0.25) is 14.7 Å². The number of hydrogen-bond donors (Lipinski definition) is 3. The molecule has 0 saturated carbocycles. The van der Waals surface area contributed by atoms with Crippen LogP contribution in [0.3, 0.4) is 0 Å². The average molecular weight is 348 g/mol. The number of ether oxygens (including phenoxy) is 1. The van der Waals surface area contributed by atoms with Gasteiger partial charge in [0.05, 0.1) is 17.6 Å². The number of hydrogen-bond acceptors (Lipinski definition) is 4. The number of esters is 1. The van der Waals surface area contributed by atoms with Crippen molar-refractivity contribution in [1.82, 2.24) is 10.2 Å². The molecule has 0 radical (unpaired) electrons. The zero-order valence-corrected chi connectivity index (χ0v) is 14.3. The molecular weight excluding hydrogens is 327 g/mol. The van der Waals surface area contributed by atoms with Crippen LogP contribution in [0.2, 0.25) is 0 Å². The molecular formula is C18H21FN2O4. The maximum Gasteiger partial charge on any atom is 0.313 e. The van der Waals surface area contributed by atoms with Gasteiger partial charge in [-0.25, -0.2) is 4.39 Å². The Morgan fingerprint density at radius 3 is 2.76 bits per heavy atom. The van der Waals surface area contributed by atoms with Gasteiger partial charge in [-0.15, -0.1) is 0 Å². The lowest BCUT2D eigenvalue weighted by Gasteiger charge is -2.40. The molecule has 1 aromatic heterocycles. The highest BCUT2D eigenvalue weighted by Crippen LogP contribution is 2.44.